The molecule has 0 aliphatic carbocycles. The van der Waals surface area contributed by atoms with Gasteiger partial charge in [-0.15, -0.1) is 0 Å². The van der Waals surface area contributed by atoms with Crippen LogP contribution in [0, 0.1) is 13.8 Å². The molecule has 0 bridgehead atoms. The zero-order chi connectivity index (χ0) is 32.0. The van der Waals surface area contributed by atoms with Gasteiger partial charge in [-0.1, -0.05) is 0 Å². The van der Waals surface area contributed by atoms with E-state index in [9.17, 15) is 0 Å². The van der Waals surface area contributed by atoms with Crippen molar-refractivity contribution in [2.24, 2.45) is 0 Å². The molecule has 4 aromatic carbocycles. The van der Waals surface area contributed by atoms with Gasteiger partial charge in [-0.2, -0.15) is 0 Å². The third kappa shape index (κ3) is 6.02. The molecule has 0 amide bonds. The summed E-state index contributed by atoms with van der Waals surface area (Å²) in [6.45, 7) is 13.8. The van der Waals surface area contributed by atoms with Gasteiger partial charge in [0.15, 0.2) is 0 Å². The fourth-order valence-electron chi connectivity index (χ4n) is 6.43. The van der Waals surface area contributed by atoms with Crippen molar-refractivity contribution in [2.75, 3.05) is 37.8 Å². The Balaban J connectivity index is 1.48. The molecule has 0 saturated carbocycles. The van der Waals surface area contributed by atoms with E-state index in [1.165, 1.54) is 48.9 Å². The van der Waals surface area contributed by atoms with Gasteiger partial charge in [-0.3, -0.25) is 0 Å². The molecule has 0 atom stereocenters. The van der Waals surface area contributed by atoms with Gasteiger partial charge in [0.05, 0.1) is 0 Å². The molecule has 0 aromatic heterocycles. The zero-order valence-electron chi connectivity index (χ0n) is 28.0. The molecule has 5 rings (SSSR count). The Bertz CT molecular complexity index is 1470. The Morgan fingerprint density at radius 2 is 0.727 bits per heavy atom. The summed E-state index contributed by atoms with van der Waals surface area (Å²) < 4.78 is 1.19. The molecule has 4 aromatic rings. The first-order valence-corrected chi connectivity index (χ1v) is 16.6. The van der Waals surface area contributed by atoms with Gasteiger partial charge in [-0.05, 0) is 0 Å². The Labute approximate surface area is 277 Å². The van der Waals surface area contributed by atoms with Crippen molar-refractivity contribution in [1.29, 1.82) is 0 Å². The molecule has 4 nitrogen and oxygen atoms in total. The molecule has 1 saturated heterocycles. The van der Waals surface area contributed by atoms with Gasteiger partial charge < -0.3 is 0 Å². The summed E-state index contributed by atoms with van der Waals surface area (Å²) in [6, 6.07) is 36.3. The summed E-state index contributed by atoms with van der Waals surface area (Å²) in [5.74, 6) is 0. The fraction of sp³-hybridized carbons (Fsp3) is 0.324. The van der Waals surface area contributed by atoms with Crippen LogP contribution in [0.3, 0.4) is 0 Å². The minimum absolute atomic E-state index is 0.0818. The van der Waals surface area contributed by atoms with Crippen LogP contribution in [0.25, 0.3) is 0 Å². The van der Waals surface area contributed by atoms with Gasteiger partial charge in [0.25, 0.3) is 0 Å². The Kier molecular flexibility index (Phi) is 9.20. The molecule has 0 unspecified atom stereocenters. The predicted octanol–water partition coefficient (Wildman–Crippen LogP) is 7.09. The van der Waals surface area contributed by atoms with Gasteiger partial charge in [0, 0.05) is 0 Å². The molecule has 0 radical (unpaired) electrons. The van der Waals surface area contributed by atoms with Crippen LogP contribution in [-0.4, -0.2) is 55.7 Å². The molecule has 0 N–H and O–H groups in total. The molecular formula is C37H46B2N4Pt. The maximum atomic E-state index is 2.53. The van der Waals surface area contributed by atoms with E-state index in [1.54, 1.807) is 0 Å². The zero-order valence-corrected chi connectivity index (χ0v) is 30.3. The van der Waals surface area contributed by atoms with Gasteiger partial charge in [-0.25, -0.2) is 0 Å². The van der Waals surface area contributed by atoms with Crippen molar-refractivity contribution in [3.8, 4) is 0 Å². The van der Waals surface area contributed by atoms with Crippen LogP contribution in [0.4, 0.5) is 11.4 Å². The Morgan fingerprint density at radius 1 is 0.477 bits per heavy atom. The van der Waals surface area contributed by atoms with E-state index in [2.05, 4.69) is 205 Å². The Morgan fingerprint density at radius 3 is 0.977 bits per heavy atom. The van der Waals surface area contributed by atoms with Crippen LogP contribution in [0.1, 0.15) is 61.1 Å². The molecule has 0 spiro atoms. The van der Waals surface area contributed by atoms with Crippen LogP contribution >= 0.6 is 0 Å². The van der Waals surface area contributed by atoms with Crippen LogP contribution < -0.4 is 9.62 Å². The summed E-state index contributed by atoms with van der Waals surface area (Å²) in [6.07, 6.45) is 0. The van der Waals surface area contributed by atoms with Crippen molar-refractivity contribution in [3.63, 3.8) is 0 Å². The average Bonchev–Trinajstić information content (AvgIpc) is 3.31. The van der Waals surface area contributed by atoms with Crippen molar-refractivity contribution >= 4 is 29.3 Å². The van der Waals surface area contributed by atoms with Crippen molar-refractivity contribution in [3.05, 3.63) is 130 Å². The normalized spacial score (nSPS) is 14.5. The van der Waals surface area contributed by atoms with E-state index >= 15 is 0 Å². The van der Waals surface area contributed by atoms with Crippen LogP contribution in [0.2, 0.25) is 0 Å². The van der Waals surface area contributed by atoms with Crippen molar-refractivity contribution in [2.45, 2.75) is 52.4 Å². The molecule has 1 fully saturated rings. The monoisotopic (exact) mass is 763 g/mol. The summed E-state index contributed by atoms with van der Waals surface area (Å²) in [5.41, 5.74) is 10.1. The van der Waals surface area contributed by atoms with Crippen molar-refractivity contribution in [1.82, 2.24) is 9.62 Å². The second-order valence-electron chi connectivity index (χ2n) is 13.8. The van der Waals surface area contributed by atoms with E-state index in [0.29, 0.717) is 0 Å². The molecule has 7 heteroatoms. The van der Waals surface area contributed by atoms with E-state index in [0.717, 1.165) is 0 Å². The van der Waals surface area contributed by atoms with E-state index in [1.807, 2.05) is 0 Å². The maximum absolute atomic E-state index is 2.53. The average molecular weight is 764 g/mol. The molecule has 1 aliphatic rings. The minimum atomic E-state index is -0.0818. The van der Waals surface area contributed by atoms with Crippen molar-refractivity contribution < 1.29 is 19.4 Å². The van der Waals surface area contributed by atoms with E-state index in [4.69, 9.17) is 0 Å². The number of aryl methyl sites for hydroxylation is 2. The first kappa shape index (κ1) is 32.5. The fourth-order valence-corrected chi connectivity index (χ4v) is 7.62. The summed E-state index contributed by atoms with van der Waals surface area (Å²) in [5, 5.41) is 0. The van der Waals surface area contributed by atoms with Gasteiger partial charge >= 0.3 is 279 Å². The standard InChI is InChI=1S/C37H46B2N4.Pt/c1-28-11-15-30(16-12-28)36(3,4)32-19-23-34(24-20-32)42-27-43(39(41(9)10)38(42)40(7)8)35-25-21-33(22-26-35)37(5,6)31-17-13-29(2)14-18-31;/h11-26H,1-10H3;. The Hall–Kier alpha value is -2.91. The summed E-state index contributed by atoms with van der Waals surface area (Å²) in [4.78, 5) is 9.64. The topological polar surface area (TPSA) is 13.0 Å². The number of anilines is 2. The van der Waals surface area contributed by atoms with Crippen LogP contribution in [-0.2, 0) is 30.2 Å². The first-order chi connectivity index (χ1) is 20.7. The second kappa shape index (κ2) is 12.5. The molecule has 1 aliphatic heterocycles. The SMILES string of the molecule is Cc1ccc(C(C)(C)c2ccc(N3B(N(C)C)B(N(C)C)N(c4ccc(C(C)(C)c5ccc(C)cc5)cc4)[C]3=[Pt])cc2)cc1. The van der Waals surface area contributed by atoms with E-state index in [-0.39, 0.29) is 24.6 Å². The molecule has 44 heavy (non-hydrogen) atoms. The number of hydrogen-bond acceptors (Lipinski definition) is 4. The number of hydrogen-bond donors (Lipinski definition) is 0. The number of nitrogens with zero attached hydrogens (tertiary/aromatic N) is 4. The van der Waals surface area contributed by atoms with E-state index < -0.39 is 0 Å². The van der Waals surface area contributed by atoms with Gasteiger partial charge in [0.2, 0.25) is 0 Å². The third-order valence-electron chi connectivity index (χ3n) is 9.50. The van der Waals surface area contributed by atoms with Gasteiger partial charge in [0.1, 0.15) is 0 Å². The second-order valence-corrected chi connectivity index (χ2v) is 14.8. The summed E-state index contributed by atoms with van der Waals surface area (Å²) in [7, 11) is 8.74. The molecular weight excluding hydrogens is 717 g/mol. The molecule has 1 heterocycles. The number of rotatable bonds is 8. The first-order valence-electron chi connectivity index (χ1n) is 15.5. The molecule has 230 valence electrons. The summed E-state index contributed by atoms with van der Waals surface area (Å²) >= 11 is 2.53. The quantitative estimate of drug-likeness (QED) is 0.178. The third-order valence-corrected chi connectivity index (χ3v) is 10.6. The number of benzene rings is 4. The van der Waals surface area contributed by atoms with Crippen LogP contribution in [0.15, 0.2) is 97.1 Å². The van der Waals surface area contributed by atoms with Crippen LogP contribution in [0.5, 0.6) is 0 Å². The predicted molar refractivity (Wildman–Crippen MR) is 188 cm³/mol.